The number of unbranched alkanes of at least 4 members (excludes halogenated alkanes) is 1. The van der Waals surface area contributed by atoms with Gasteiger partial charge in [-0.1, -0.05) is 39.3 Å². The maximum Gasteiger partial charge on any atom is 0.310 e. The number of ether oxygens (including phenoxy) is 1. The first-order chi connectivity index (χ1) is 16.8. The number of nitrogens with zero attached hydrogens (tertiary/aromatic N) is 2. The van der Waals surface area contributed by atoms with Crippen molar-refractivity contribution in [2.45, 2.75) is 81.4 Å². The third-order valence-electron chi connectivity index (χ3n) is 7.60. The van der Waals surface area contributed by atoms with Gasteiger partial charge < -0.3 is 19.6 Å². The van der Waals surface area contributed by atoms with E-state index >= 15 is 0 Å². The molecule has 0 aromatic rings. The first-order valence-electron chi connectivity index (χ1n) is 13.0. The smallest absolute Gasteiger partial charge is 0.310 e. The van der Waals surface area contributed by atoms with Gasteiger partial charge in [0, 0.05) is 18.3 Å². The van der Waals surface area contributed by atoms with Gasteiger partial charge in [0.15, 0.2) is 0 Å². The van der Waals surface area contributed by atoms with Crippen molar-refractivity contribution in [3.05, 3.63) is 25.3 Å². The Hall–Kier alpha value is -1.80. The number of carbonyl (C=O) groups excluding carboxylic acids is 3. The van der Waals surface area contributed by atoms with Gasteiger partial charge in [0.25, 0.3) is 0 Å². The summed E-state index contributed by atoms with van der Waals surface area (Å²) in [6, 6.07) is -1.17. The number of hydrogen-bond acceptors (Lipinski definition) is 6. The summed E-state index contributed by atoms with van der Waals surface area (Å²) in [6.45, 7) is 14.7. The fourth-order valence-electron chi connectivity index (χ4n) is 6.16. The Morgan fingerprint density at radius 1 is 1.34 bits per heavy atom. The van der Waals surface area contributed by atoms with Crippen LogP contribution in [-0.2, 0) is 19.1 Å². The van der Waals surface area contributed by atoms with Crippen LogP contribution in [0.1, 0.15) is 59.3 Å². The molecule has 2 unspecified atom stereocenters. The van der Waals surface area contributed by atoms with Crippen LogP contribution in [0, 0.1) is 17.8 Å². The molecule has 2 amide bonds. The van der Waals surface area contributed by atoms with Crippen molar-refractivity contribution in [3.8, 4) is 0 Å². The molecule has 0 radical (unpaired) electrons. The molecule has 3 fully saturated rings. The summed E-state index contributed by atoms with van der Waals surface area (Å²) in [5, 5.41) is 10.3. The maximum absolute atomic E-state index is 14.2. The van der Waals surface area contributed by atoms with Crippen molar-refractivity contribution < 1.29 is 24.2 Å². The molecule has 1 N–H and O–H groups in total. The van der Waals surface area contributed by atoms with Gasteiger partial charge in [-0.3, -0.25) is 14.4 Å². The molecule has 8 heteroatoms. The standard InChI is InChI=1S/C27H42N2O5S/c1-6-9-14-28(13-8-3)25(32)23-27-12-11-20(35-27)21(26(33)34-15-10-7-2)22(27)24(31)29(23)19(17-30)16-18(4)5/h7-8,18-23,30H,2-3,6,9-17H2,1,4-5H3/t19-,20+,21-,22+,23?,27?/m1/s1. The van der Waals surface area contributed by atoms with E-state index in [9.17, 15) is 19.5 Å². The molecule has 3 rings (SSSR count). The van der Waals surface area contributed by atoms with E-state index in [-0.39, 0.29) is 42.2 Å². The van der Waals surface area contributed by atoms with Crippen molar-refractivity contribution in [2.24, 2.45) is 17.8 Å². The number of fused-ring (bicyclic) bond motifs is 1. The van der Waals surface area contributed by atoms with Crippen molar-refractivity contribution >= 4 is 29.5 Å². The summed E-state index contributed by atoms with van der Waals surface area (Å²) in [5.74, 6) is -1.55. The molecule has 2 bridgehead atoms. The number of aliphatic hydroxyl groups excluding tert-OH is 1. The molecule has 0 aromatic heterocycles. The van der Waals surface area contributed by atoms with Gasteiger partial charge in [0.05, 0.1) is 35.8 Å². The van der Waals surface area contributed by atoms with Gasteiger partial charge in [0.1, 0.15) is 6.04 Å². The molecule has 3 saturated heterocycles. The second-order valence-electron chi connectivity index (χ2n) is 10.4. The van der Waals surface area contributed by atoms with Gasteiger partial charge in [-0.2, -0.15) is 0 Å². The van der Waals surface area contributed by atoms with Crippen LogP contribution in [0.2, 0.25) is 0 Å². The van der Waals surface area contributed by atoms with Gasteiger partial charge in [-0.05, 0) is 38.0 Å². The van der Waals surface area contributed by atoms with Crippen molar-refractivity contribution in [2.75, 3.05) is 26.3 Å². The Labute approximate surface area is 214 Å². The predicted octanol–water partition coefficient (Wildman–Crippen LogP) is 3.42. The Kier molecular flexibility index (Phi) is 9.49. The highest BCUT2D eigenvalue weighted by molar-refractivity contribution is 8.02. The Morgan fingerprint density at radius 3 is 2.69 bits per heavy atom. The molecule has 196 valence electrons. The molecule has 3 aliphatic heterocycles. The summed E-state index contributed by atoms with van der Waals surface area (Å²) < 4.78 is 4.87. The number of amides is 2. The highest BCUT2D eigenvalue weighted by atomic mass is 32.2. The number of aliphatic hydroxyl groups is 1. The van der Waals surface area contributed by atoms with E-state index < -0.39 is 28.7 Å². The summed E-state index contributed by atoms with van der Waals surface area (Å²) in [6.07, 6.45) is 7.86. The summed E-state index contributed by atoms with van der Waals surface area (Å²) >= 11 is 1.64. The quantitative estimate of drug-likeness (QED) is 0.221. The van der Waals surface area contributed by atoms with Crippen LogP contribution in [0.5, 0.6) is 0 Å². The van der Waals surface area contributed by atoms with Crippen LogP contribution >= 0.6 is 11.8 Å². The van der Waals surface area contributed by atoms with E-state index in [2.05, 4.69) is 20.1 Å². The van der Waals surface area contributed by atoms with E-state index in [4.69, 9.17) is 4.74 Å². The zero-order chi connectivity index (χ0) is 25.8. The first kappa shape index (κ1) is 27.8. The van der Waals surface area contributed by atoms with Crippen LogP contribution in [0.4, 0.5) is 0 Å². The number of esters is 1. The highest BCUT2D eigenvalue weighted by Gasteiger charge is 2.74. The van der Waals surface area contributed by atoms with Crippen LogP contribution in [0.3, 0.4) is 0 Å². The fourth-order valence-corrected chi connectivity index (χ4v) is 8.35. The van der Waals surface area contributed by atoms with Gasteiger partial charge >= 0.3 is 5.97 Å². The lowest BCUT2D eigenvalue weighted by Gasteiger charge is -2.40. The second-order valence-corrected chi connectivity index (χ2v) is 12.0. The van der Waals surface area contributed by atoms with E-state index in [1.165, 1.54) is 0 Å². The Balaban J connectivity index is 2.02. The maximum atomic E-state index is 14.2. The van der Waals surface area contributed by atoms with Crippen molar-refractivity contribution in [1.29, 1.82) is 0 Å². The van der Waals surface area contributed by atoms with Crippen LogP contribution in [0.25, 0.3) is 0 Å². The zero-order valence-corrected chi connectivity index (χ0v) is 22.3. The Morgan fingerprint density at radius 2 is 2.09 bits per heavy atom. The van der Waals surface area contributed by atoms with Gasteiger partial charge in [-0.15, -0.1) is 24.9 Å². The minimum Gasteiger partial charge on any atom is -0.465 e. The molecule has 3 aliphatic rings. The summed E-state index contributed by atoms with van der Waals surface area (Å²) in [4.78, 5) is 44.9. The van der Waals surface area contributed by atoms with Gasteiger partial charge in [0.2, 0.25) is 11.8 Å². The molecule has 3 heterocycles. The first-order valence-corrected chi connectivity index (χ1v) is 13.9. The largest absolute Gasteiger partial charge is 0.465 e. The SMILES string of the molecule is C=CCCOC(=O)[C@@H]1[C@@H]2CCC3(S2)C(C(=O)N(CC=C)CCCC)N([C@@H](CO)CC(C)C)C(=O)[C@H]13. The molecular weight excluding hydrogens is 464 g/mol. The number of rotatable bonds is 14. The normalized spacial score (nSPS) is 29.9. The van der Waals surface area contributed by atoms with Crippen LogP contribution in [0.15, 0.2) is 25.3 Å². The molecule has 1 spiro atoms. The topological polar surface area (TPSA) is 87.2 Å². The summed E-state index contributed by atoms with van der Waals surface area (Å²) in [5.41, 5.74) is 0. The number of hydrogen-bond donors (Lipinski definition) is 1. The minimum absolute atomic E-state index is 0.0289. The zero-order valence-electron chi connectivity index (χ0n) is 21.5. The monoisotopic (exact) mass is 506 g/mol. The molecule has 0 saturated carbocycles. The molecule has 35 heavy (non-hydrogen) atoms. The third kappa shape index (κ3) is 5.19. The lowest BCUT2D eigenvalue weighted by atomic mass is 9.71. The molecule has 7 nitrogen and oxygen atoms in total. The lowest BCUT2D eigenvalue weighted by Crippen LogP contribution is -2.57. The predicted molar refractivity (Wildman–Crippen MR) is 139 cm³/mol. The van der Waals surface area contributed by atoms with E-state index in [0.717, 1.165) is 19.3 Å². The van der Waals surface area contributed by atoms with Crippen molar-refractivity contribution in [3.63, 3.8) is 0 Å². The Bertz CT molecular complexity index is 817. The van der Waals surface area contributed by atoms with E-state index in [1.54, 1.807) is 33.7 Å². The molecular formula is C27H42N2O5S. The average molecular weight is 507 g/mol. The highest BCUT2D eigenvalue weighted by Crippen LogP contribution is 2.67. The molecule has 0 aromatic carbocycles. The average Bonchev–Trinajstić information content (AvgIpc) is 3.47. The minimum atomic E-state index is -0.700. The van der Waals surface area contributed by atoms with Crippen LogP contribution < -0.4 is 0 Å². The van der Waals surface area contributed by atoms with E-state index in [0.29, 0.717) is 32.4 Å². The number of likely N-dealkylation sites (tertiary alicyclic amines) is 1. The second kappa shape index (κ2) is 12.0. The number of carbonyl (C=O) groups is 3. The van der Waals surface area contributed by atoms with Crippen LogP contribution in [-0.4, -0.2) is 81.1 Å². The van der Waals surface area contributed by atoms with Gasteiger partial charge in [-0.25, -0.2) is 0 Å². The fraction of sp³-hybridized carbons (Fsp3) is 0.741. The van der Waals surface area contributed by atoms with E-state index in [1.807, 2.05) is 13.8 Å². The lowest BCUT2D eigenvalue weighted by molar-refractivity contribution is -0.154. The summed E-state index contributed by atoms with van der Waals surface area (Å²) in [7, 11) is 0. The molecule has 0 aliphatic carbocycles. The van der Waals surface area contributed by atoms with Crippen molar-refractivity contribution in [1.82, 2.24) is 9.80 Å². The number of thioether (sulfide) groups is 1. The third-order valence-corrected chi connectivity index (χ3v) is 9.55. The molecule has 6 atom stereocenters.